The Balaban J connectivity index is 1.62. The van der Waals surface area contributed by atoms with Gasteiger partial charge in [0.25, 0.3) is 0 Å². The second kappa shape index (κ2) is 7.07. The molecule has 0 saturated carbocycles. The molecule has 132 valence electrons. The van der Waals surface area contributed by atoms with E-state index in [1.807, 2.05) is 0 Å². The number of halogens is 1. The molecule has 0 bridgehead atoms. The highest BCUT2D eigenvalue weighted by atomic mass is 19.1. The van der Waals surface area contributed by atoms with Crippen molar-refractivity contribution in [2.45, 2.75) is 37.9 Å². The van der Waals surface area contributed by atoms with Crippen LogP contribution in [0.3, 0.4) is 0 Å². The highest BCUT2D eigenvalue weighted by Gasteiger charge is 2.42. The second-order valence-electron chi connectivity index (χ2n) is 6.86. The molecule has 1 N–H and O–H groups in total. The Labute approximate surface area is 141 Å². The number of aliphatic hydroxyl groups is 1. The fourth-order valence-electron chi connectivity index (χ4n) is 3.43. The summed E-state index contributed by atoms with van der Waals surface area (Å²) in [4.78, 5) is 14.3. The van der Waals surface area contributed by atoms with E-state index in [-0.39, 0.29) is 24.2 Å². The van der Waals surface area contributed by atoms with E-state index in [4.69, 9.17) is 9.47 Å². The minimum Gasteiger partial charge on any atom is -0.487 e. The van der Waals surface area contributed by atoms with Crippen LogP contribution in [0.1, 0.15) is 26.2 Å². The van der Waals surface area contributed by atoms with Gasteiger partial charge in [0.05, 0.1) is 6.54 Å². The number of hydrogen-bond donors (Lipinski definition) is 1. The summed E-state index contributed by atoms with van der Waals surface area (Å²) < 4.78 is 24.4. The Morgan fingerprint density at radius 2 is 2.12 bits per heavy atom. The molecular formula is C18H24FNO4. The standard InChI is InChI=1S/C18H24FNO4/c1-18(22)12-20(17(21)13-6-9-23-10-7-13)8-5-16(18)24-15-4-2-3-14(19)11-15/h2-4,11,13,16,22H,5-10,12H2,1H3/t16-,18-/m0/s1. The third-order valence-electron chi connectivity index (χ3n) is 4.82. The van der Waals surface area contributed by atoms with E-state index in [1.165, 1.54) is 12.1 Å². The Kier molecular flexibility index (Phi) is 5.06. The summed E-state index contributed by atoms with van der Waals surface area (Å²) in [6.07, 6.45) is 1.51. The molecule has 0 aliphatic carbocycles. The van der Waals surface area contributed by atoms with Crippen LogP contribution in [0, 0.1) is 11.7 Å². The highest BCUT2D eigenvalue weighted by molar-refractivity contribution is 5.79. The first-order valence-electron chi connectivity index (χ1n) is 8.47. The van der Waals surface area contributed by atoms with Crippen molar-refractivity contribution in [3.8, 4) is 5.75 Å². The molecule has 6 heteroatoms. The summed E-state index contributed by atoms with van der Waals surface area (Å²) in [5, 5.41) is 10.7. The number of rotatable bonds is 3. The monoisotopic (exact) mass is 337 g/mol. The molecule has 0 aromatic heterocycles. The van der Waals surface area contributed by atoms with Crippen LogP contribution in [0.2, 0.25) is 0 Å². The van der Waals surface area contributed by atoms with Crippen LogP contribution in [-0.2, 0) is 9.53 Å². The smallest absolute Gasteiger partial charge is 0.225 e. The van der Waals surface area contributed by atoms with Crippen molar-refractivity contribution >= 4 is 5.91 Å². The summed E-state index contributed by atoms with van der Waals surface area (Å²) in [6.45, 7) is 3.66. The van der Waals surface area contributed by atoms with Crippen molar-refractivity contribution in [3.05, 3.63) is 30.1 Å². The summed E-state index contributed by atoms with van der Waals surface area (Å²) in [6, 6.07) is 5.89. The fraction of sp³-hybridized carbons (Fsp3) is 0.611. The van der Waals surface area contributed by atoms with E-state index in [2.05, 4.69) is 0 Å². The summed E-state index contributed by atoms with van der Waals surface area (Å²) in [7, 11) is 0. The number of amides is 1. The predicted octanol–water partition coefficient (Wildman–Crippen LogP) is 1.98. The maximum atomic E-state index is 13.3. The van der Waals surface area contributed by atoms with E-state index >= 15 is 0 Å². The first-order valence-corrected chi connectivity index (χ1v) is 8.47. The van der Waals surface area contributed by atoms with E-state index in [9.17, 15) is 14.3 Å². The summed E-state index contributed by atoms with van der Waals surface area (Å²) in [5.41, 5.74) is -1.18. The Morgan fingerprint density at radius 1 is 1.38 bits per heavy atom. The van der Waals surface area contributed by atoms with Crippen LogP contribution in [0.5, 0.6) is 5.75 Å². The SMILES string of the molecule is C[C@]1(O)CN(C(=O)C2CCOCC2)CC[C@@H]1Oc1cccc(F)c1. The summed E-state index contributed by atoms with van der Waals surface area (Å²) in [5.74, 6) is 0.0850. The van der Waals surface area contributed by atoms with Crippen molar-refractivity contribution in [3.63, 3.8) is 0 Å². The first-order chi connectivity index (χ1) is 11.5. The number of likely N-dealkylation sites (tertiary alicyclic amines) is 1. The second-order valence-corrected chi connectivity index (χ2v) is 6.86. The molecule has 0 unspecified atom stereocenters. The van der Waals surface area contributed by atoms with Crippen LogP contribution in [0.25, 0.3) is 0 Å². The van der Waals surface area contributed by atoms with Gasteiger partial charge < -0.3 is 19.5 Å². The van der Waals surface area contributed by atoms with Crippen LogP contribution in [0.15, 0.2) is 24.3 Å². The zero-order chi connectivity index (χ0) is 17.2. The van der Waals surface area contributed by atoms with Gasteiger partial charge in [-0.3, -0.25) is 4.79 Å². The van der Waals surface area contributed by atoms with E-state index in [1.54, 1.807) is 24.0 Å². The van der Waals surface area contributed by atoms with Gasteiger partial charge in [-0.25, -0.2) is 4.39 Å². The molecule has 0 spiro atoms. The molecular weight excluding hydrogens is 313 g/mol. The molecule has 5 nitrogen and oxygen atoms in total. The van der Waals surface area contributed by atoms with Gasteiger partial charge in [0.2, 0.25) is 5.91 Å². The molecule has 3 rings (SSSR count). The van der Waals surface area contributed by atoms with Gasteiger partial charge in [0.1, 0.15) is 23.3 Å². The summed E-state index contributed by atoms with van der Waals surface area (Å²) >= 11 is 0. The normalized spacial score (nSPS) is 28.6. The molecule has 1 aromatic carbocycles. The van der Waals surface area contributed by atoms with Gasteiger partial charge in [0, 0.05) is 38.2 Å². The quantitative estimate of drug-likeness (QED) is 0.916. The van der Waals surface area contributed by atoms with Crippen LogP contribution >= 0.6 is 0 Å². The average Bonchev–Trinajstić information content (AvgIpc) is 2.56. The van der Waals surface area contributed by atoms with E-state index in [0.29, 0.717) is 31.9 Å². The molecule has 0 radical (unpaired) electrons. The first kappa shape index (κ1) is 17.2. The highest BCUT2D eigenvalue weighted by Crippen LogP contribution is 2.28. The van der Waals surface area contributed by atoms with Crippen molar-refractivity contribution in [2.24, 2.45) is 5.92 Å². The minimum atomic E-state index is -1.18. The zero-order valence-corrected chi connectivity index (χ0v) is 13.9. The number of nitrogens with zero attached hydrogens (tertiary/aromatic N) is 1. The third-order valence-corrected chi connectivity index (χ3v) is 4.82. The van der Waals surface area contributed by atoms with Gasteiger partial charge in [-0.2, -0.15) is 0 Å². The average molecular weight is 337 g/mol. The molecule has 2 aliphatic rings. The van der Waals surface area contributed by atoms with E-state index in [0.717, 1.165) is 12.8 Å². The number of piperidine rings is 1. The van der Waals surface area contributed by atoms with Crippen LogP contribution in [0.4, 0.5) is 4.39 Å². The third kappa shape index (κ3) is 3.87. The van der Waals surface area contributed by atoms with Crippen molar-refractivity contribution in [1.29, 1.82) is 0 Å². The lowest BCUT2D eigenvalue weighted by Gasteiger charge is -2.43. The Morgan fingerprint density at radius 3 is 2.79 bits per heavy atom. The molecule has 2 saturated heterocycles. The molecule has 1 amide bonds. The lowest BCUT2D eigenvalue weighted by atomic mass is 9.89. The van der Waals surface area contributed by atoms with Crippen molar-refractivity contribution < 1.29 is 23.8 Å². The lowest BCUT2D eigenvalue weighted by Crippen LogP contribution is -2.59. The molecule has 2 aliphatic heterocycles. The number of benzene rings is 1. The maximum Gasteiger partial charge on any atom is 0.225 e. The molecule has 1 aromatic rings. The van der Waals surface area contributed by atoms with Gasteiger partial charge in [-0.15, -0.1) is 0 Å². The van der Waals surface area contributed by atoms with Gasteiger partial charge in [-0.1, -0.05) is 6.07 Å². The lowest BCUT2D eigenvalue weighted by molar-refractivity contribution is -0.152. The van der Waals surface area contributed by atoms with Gasteiger partial charge in [-0.05, 0) is 31.9 Å². The van der Waals surface area contributed by atoms with Gasteiger partial charge >= 0.3 is 0 Å². The van der Waals surface area contributed by atoms with Crippen LogP contribution < -0.4 is 4.74 Å². The molecule has 24 heavy (non-hydrogen) atoms. The van der Waals surface area contributed by atoms with Gasteiger partial charge in [0.15, 0.2) is 0 Å². The largest absolute Gasteiger partial charge is 0.487 e. The van der Waals surface area contributed by atoms with E-state index < -0.39 is 11.7 Å². The predicted molar refractivity (Wildman–Crippen MR) is 86.2 cm³/mol. The Hall–Kier alpha value is -1.66. The molecule has 2 atom stereocenters. The molecule has 2 heterocycles. The zero-order valence-electron chi connectivity index (χ0n) is 13.9. The number of carbonyl (C=O) groups is 1. The number of β-amino-alcohol motifs (C(OH)–C–C–N with tert-alkyl or cyclic N) is 1. The minimum absolute atomic E-state index is 0.0183. The maximum absolute atomic E-state index is 13.3. The number of hydrogen-bond acceptors (Lipinski definition) is 4. The van der Waals surface area contributed by atoms with Crippen molar-refractivity contribution in [1.82, 2.24) is 4.90 Å². The topological polar surface area (TPSA) is 59.0 Å². The Bertz CT molecular complexity index is 586. The number of carbonyl (C=O) groups excluding carboxylic acids is 1. The van der Waals surface area contributed by atoms with Crippen molar-refractivity contribution in [2.75, 3.05) is 26.3 Å². The number of ether oxygens (including phenoxy) is 2. The fourth-order valence-corrected chi connectivity index (χ4v) is 3.43. The molecule has 2 fully saturated rings. The van der Waals surface area contributed by atoms with Crippen LogP contribution in [-0.4, -0.2) is 53.9 Å².